The Kier molecular flexibility index (Phi) is 16.5. The van der Waals surface area contributed by atoms with Gasteiger partial charge in [-0.2, -0.15) is 0 Å². The first-order chi connectivity index (χ1) is 35.9. The van der Waals surface area contributed by atoms with Crippen molar-refractivity contribution < 1.29 is 124 Å². The molecular formula is C52H84O25. The second kappa shape index (κ2) is 21.2. The first-order valence-corrected chi connectivity index (χ1v) is 27.1. The number of carboxylic acid groups (broad SMARTS) is 1. The molecule has 16 N–H and O–H groups in total. The average molecular weight is 1110 g/mol. The molecule has 442 valence electrons. The molecule has 0 radical (unpaired) electrons. The van der Waals surface area contributed by atoms with E-state index in [1.807, 2.05) is 34.6 Å². The number of aliphatic hydroxyl groups excluding tert-OH is 15. The molecule has 77 heavy (non-hydrogen) atoms. The minimum absolute atomic E-state index is 0.133. The lowest BCUT2D eigenvalue weighted by atomic mass is 9.32. The van der Waals surface area contributed by atoms with Gasteiger partial charge in [0, 0.05) is 5.41 Å². The van der Waals surface area contributed by atoms with Gasteiger partial charge in [-0.25, -0.2) is 4.79 Å². The van der Waals surface area contributed by atoms with Crippen LogP contribution in [0.25, 0.3) is 0 Å². The predicted molar refractivity (Wildman–Crippen MR) is 257 cm³/mol. The Morgan fingerprint density at radius 1 is 0.597 bits per heavy atom. The summed E-state index contributed by atoms with van der Waals surface area (Å²) in [7, 11) is 0. The molecule has 5 aliphatic carbocycles. The van der Waals surface area contributed by atoms with Crippen LogP contribution in [0.5, 0.6) is 0 Å². The Bertz CT molecular complexity index is 2150. The summed E-state index contributed by atoms with van der Waals surface area (Å²) >= 11 is 0. The zero-order chi connectivity index (χ0) is 56.6. The van der Waals surface area contributed by atoms with Gasteiger partial charge in [-0.1, -0.05) is 60.1 Å². The number of carbonyl (C=O) groups is 1. The fourth-order valence-corrected chi connectivity index (χ4v) is 16.4. The van der Waals surface area contributed by atoms with Gasteiger partial charge in [0.05, 0.1) is 62.4 Å². The number of fused-ring (bicyclic) bond motifs is 7. The molecule has 25 nitrogen and oxygen atoms in total. The first kappa shape index (κ1) is 59.9. The van der Waals surface area contributed by atoms with Crippen LogP contribution in [0.1, 0.15) is 87.0 Å². The van der Waals surface area contributed by atoms with Crippen molar-refractivity contribution >= 4 is 5.97 Å². The summed E-state index contributed by atoms with van der Waals surface area (Å²) in [6, 6.07) is 0. The summed E-state index contributed by atoms with van der Waals surface area (Å²) < 4.78 is 49.0. The number of carboxylic acids is 1. The highest BCUT2D eigenvalue weighted by Gasteiger charge is 2.75. The van der Waals surface area contributed by atoms with Crippen LogP contribution < -0.4 is 0 Å². The molecule has 4 heterocycles. The van der Waals surface area contributed by atoms with E-state index < -0.39 is 212 Å². The van der Waals surface area contributed by atoms with Gasteiger partial charge in [0.25, 0.3) is 0 Å². The Balaban J connectivity index is 1.08. The topological polar surface area (TPSA) is 415 Å². The van der Waals surface area contributed by atoms with Crippen LogP contribution in [0.2, 0.25) is 0 Å². The minimum Gasteiger partial charge on any atom is -0.479 e. The largest absolute Gasteiger partial charge is 0.479 e. The van der Waals surface area contributed by atoms with Crippen molar-refractivity contribution in [2.75, 3.05) is 26.4 Å². The van der Waals surface area contributed by atoms with Crippen LogP contribution in [0.3, 0.4) is 0 Å². The Morgan fingerprint density at radius 2 is 1.16 bits per heavy atom. The fraction of sp³-hybridized carbons (Fsp3) is 0.942. The number of hydrogen-bond donors (Lipinski definition) is 16. The number of hydrogen-bond acceptors (Lipinski definition) is 24. The number of ether oxygens (including phenoxy) is 8. The van der Waals surface area contributed by atoms with E-state index >= 15 is 0 Å². The van der Waals surface area contributed by atoms with E-state index in [9.17, 15) is 86.5 Å². The fourth-order valence-electron chi connectivity index (χ4n) is 16.4. The molecule has 0 spiro atoms. The van der Waals surface area contributed by atoms with Crippen LogP contribution in [0.4, 0.5) is 0 Å². The number of aliphatic carboxylic acids is 1. The van der Waals surface area contributed by atoms with Gasteiger partial charge in [0.15, 0.2) is 31.3 Å². The molecule has 0 aromatic rings. The third-order valence-electron chi connectivity index (χ3n) is 21.2. The van der Waals surface area contributed by atoms with Crippen LogP contribution in [-0.4, -0.2) is 255 Å². The number of allylic oxidation sites excluding steroid dienone is 1. The molecule has 0 aromatic heterocycles. The van der Waals surface area contributed by atoms with Gasteiger partial charge in [-0.15, -0.1) is 0 Å². The maximum Gasteiger partial charge on any atom is 0.335 e. The second-order valence-electron chi connectivity index (χ2n) is 25.7. The molecule has 9 rings (SSSR count). The predicted octanol–water partition coefficient (Wildman–Crippen LogP) is -4.31. The zero-order valence-electron chi connectivity index (χ0n) is 44.5. The first-order valence-electron chi connectivity index (χ1n) is 27.1. The smallest absolute Gasteiger partial charge is 0.335 e. The van der Waals surface area contributed by atoms with E-state index in [0.29, 0.717) is 32.1 Å². The molecule has 0 aromatic carbocycles. The highest BCUT2D eigenvalue weighted by molar-refractivity contribution is 5.73. The molecule has 8 fully saturated rings. The van der Waals surface area contributed by atoms with Crippen molar-refractivity contribution in [3.63, 3.8) is 0 Å². The van der Waals surface area contributed by atoms with E-state index in [4.69, 9.17) is 37.9 Å². The molecule has 4 saturated carbocycles. The normalized spacial score (nSPS) is 55.3. The Hall–Kier alpha value is -1.71. The van der Waals surface area contributed by atoms with Crippen molar-refractivity contribution in [2.24, 2.45) is 50.2 Å². The van der Waals surface area contributed by atoms with Crippen molar-refractivity contribution in [3.8, 4) is 0 Å². The standard InChI is InChI=1S/C52H84O25/c1-47(2)14-20-19-8-9-25-49(5)12-11-26(48(3,4)24(49)10-13-50(25,6)51(19,7)39(65)41(67)52(20,18-55)40(66)38(47)64)73-46-37(77-45-33(63)30(60)28(58)22(15-53)71-45)35(74-43-31(61)27(57)21(56)17-70-43)34(36(76-46)42(68)69)75-44-32(62)29(59)23(16-54)72-44/h8,20-41,43-46,53-67H,9-18H2,1-7H3,(H,68,69). The van der Waals surface area contributed by atoms with Gasteiger partial charge in [-0.05, 0) is 77.9 Å². The molecule has 30 atom stereocenters. The van der Waals surface area contributed by atoms with Crippen molar-refractivity contribution in [1.29, 1.82) is 0 Å². The van der Waals surface area contributed by atoms with Gasteiger partial charge in [-0.3, -0.25) is 0 Å². The van der Waals surface area contributed by atoms with Crippen LogP contribution >= 0.6 is 0 Å². The van der Waals surface area contributed by atoms with Gasteiger partial charge in [0.2, 0.25) is 0 Å². The Labute approximate surface area is 445 Å². The summed E-state index contributed by atoms with van der Waals surface area (Å²) in [5, 5.41) is 177. The van der Waals surface area contributed by atoms with Gasteiger partial charge in [0.1, 0.15) is 79.4 Å². The summed E-state index contributed by atoms with van der Waals surface area (Å²) in [4.78, 5) is 13.5. The summed E-state index contributed by atoms with van der Waals surface area (Å²) in [5.74, 6) is -2.59. The van der Waals surface area contributed by atoms with E-state index in [-0.39, 0.29) is 18.3 Å². The van der Waals surface area contributed by atoms with Crippen LogP contribution in [-0.2, 0) is 42.7 Å². The Morgan fingerprint density at radius 3 is 1.75 bits per heavy atom. The molecule has 4 saturated heterocycles. The minimum atomic E-state index is -2.16. The quantitative estimate of drug-likeness (QED) is 0.0649. The lowest BCUT2D eigenvalue weighted by molar-refractivity contribution is -0.401. The maximum absolute atomic E-state index is 13.5. The highest BCUT2D eigenvalue weighted by Crippen LogP contribution is 2.76. The van der Waals surface area contributed by atoms with Crippen molar-refractivity contribution in [1.82, 2.24) is 0 Å². The summed E-state index contributed by atoms with van der Waals surface area (Å²) in [5.41, 5.74) is -4.68. The zero-order valence-corrected chi connectivity index (χ0v) is 44.5. The lowest BCUT2D eigenvalue weighted by Crippen LogP contribution is -2.76. The van der Waals surface area contributed by atoms with Crippen molar-refractivity contribution in [2.45, 2.75) is 228 Å². The van der Waals surface area contributed by atoms with E-state index in [2.05, 4.69) is 19.9 Å². The molecule has 25 heteroatoms. The number of rotatable bonds is 12. The summed E-state index contributed by atoms with van der Waals surface area (Å²) in [6.45, 7) is 11.0. The van der Waals surface area contributed by atoms with Crippen LogP contribution in [0, 0.1) is 50.2 Å². The maximum atomic E-state index is 13.5. The number of aliphatic hydroxyl groups is 15. The molecular weight excluding hydrogens is 1020 g/mol. The van der Waals surface area contributed by atoms with E-state index in [1.165, 1.54) is 0 Å². The molecule has 0 bridgehead atoms. The van der Waals surface area contributed by atoms with Crippen LogP contribution in [0.15, 0.2) is 11.6 Å². The molecule has 9 aliphatic rings. The molecule has 0 amide bonds. The van der Waals surface area contributed by atoms with E-state index in [0.717, 1.165) is 5.57 Å². The highest BCUT2D eigenvalue weighted by atomic mass is 16.8. The van der Waals surface area contributed by atoms with E-state index in [1.54, 1.807) is 0 Å². The molecule has 30 unspecified atom stereocenters. The third kappa shape index (κ3) is 9.04. The van der Waals surface area contributed by atoms with Crippen molar-refractivity contribution in [3.05, 3.63) is 11.6 Å². The molecule has 4 aliphatic heterocycles. The average Bonchev–Trinajstić information content (AvgIpc) is 3.77. The summed E-state index contributed by atoms with van der Waals surface area (Å²) in [6.07, 6.45) is -35.5. The second-order valence-corrected chi connectivity index (χ2v) is 25.7. The van der Waals surface area contributed by atoms with Gasteiger partial charge >= 0.3 is 5.97 Å². The van der Waals surface area contributed by atoms with Gasteiger partial charge < -0.3 is 120 Å². The SMILES string of the molecule is CC1(C)CC2C3=CCC4C5(C)CCC(OC6OC(C(=O)O)C(OC7OC(CO)C(O)C7O)C(OC7OCC(O)C(O)C7O)C6OC6OC(CO)C(O)C(O)C6O)C(C)(C)C5CCC4(C)C3(C)C(O)C(O)C2(CO)C(O)C1O. The lowest BCUT2D eigenvalue weighted by Gasteiger charge is -2.73. The monoisotopic (exact) mass is 1110 g/mol. The third-order valence-corrected chi connectivity index (χ3v) is 21.2.